The van der Waals surface area contributed by atoms with Gasteiger partial charge >= 0.3 is 0 Å². The Hall–Kier alpha value is -3.80. The van der Waals surface area contributed by atoms with E-state index < -0.39 is 0 Å². The Kier molecular flexibility index (Phi) is 6.70. The predicted molar refractivity (Wildman–Crippen MR) is 123 cm³/mol. The average Bonchev–Trinajstić information content (AvgIpc) is 3.27. The molecule has 0 aliphatic carbocycles. The van der Waals surface area contributed by atoms with Gasteiger partial charge in [-0.25, -0.2) is 0 Å². The molecule has 3 aromatic rings. The molecule has 6 nitrogen and oxygen atoms in total. The van der Waals surface area contributed by atoms with E-state index in [0.717, 1.165) is 17.5 Å². The highest BCUT2D eigenvalue weighted by atomic mass is 16.5. The number of para-hydroxylation sites is 1. The molecule has 0 bridgehead atoms. The molecule has 0 spiro atoms. The number of ether oxygens (including phenoxy) is 2. The predicted octanol–water partition coefficient (Wildman–Crippen LogP) is 4.33. The van der Waals surface area contributed by atoms with Crippen LogP contribution in [0.2, 0.25) is 0 Å². The number of benzene rings is 3. The fourth-order valence-electron chi connectivity index (χ4n) is 3.76. The van der Waals surface area contributed by atoms with Gasteiger partial charge in [0, 0.05) is 19.5 Å². The molecule has 1 heterocycles. The molecule has 1 aliphatic rings. The quantitative estimate of drug-likeness (QED) is 0.578. The van der Waals surface area contributed by atoms with Gasteiger partial charge in [-0.1, -0.05) is 48.5 Å². The number of hydrogen-bond acceptors (Lipinski definition) is 4. The van der Waals surface area contributed by atoms with Crippen LogP contribution in [0.15, 0.2) is 72.8 Å². The van der Waals surface area contributed by atoms with Gasteiger partial charge < -0.3 is 19.7 Å². The molecule has 0 unspecified atom stereocenters. The first-order valence-electron chi connectivity index (χ1n) is 10.7. The van der Waals surface area contributed by atoms with Gasteiger partial charge in [0.25, 0.3) is 5.91 Å². The van der Waals surface area contributed by atoms with Crippen LogP contribution in [-0.4, -0.2) is 25.5 Å². The second-order valence-electron chi connectivity index (χ2n) is 7.61. The Bertz CT molecular complexity index is 1100. The van der Waals surface area contributed by atoms with Gasteiger partial charge in [0.05, 0.1) is 18.4 Å². The van der Waals surface area contributed by atoms with E-state index >= 15 is 0 Å². The number of carbonyl (C=O) groups excluding carboxylic acids is 2. The minimum Gasteiger partial charge on any atom is -0.493 e. The molecule has 164 valence electrons. The minimum absolute atomic E-state index is 0.0566. The number of amides is 2. The number of rotatable bonds is 8. The fraction of sp³-hybridized carbons (Fsp3) is 0.231. The molecule has 2 amide bonds. The van der Waals surface area contributed by atoms with Gasteiger partial charge in [-0.05, 0) is 41.8 Å². The van der Waals surface area contributed by atoms with Crippen molar-refractivity contribution in [2.24, 2.45) is 0 Å². The third kappa shape index (κ3) is 4.91. The number of anilines is 1. The van der Waals surface area contributed by atoms with Crippen molar-refractivity contribution < 1.29 is 19.1 Å². The first kappa shape index (κ1) is 21.4. The summed E-state index contributed by atoms with van der Waals surface area (Å²) in [4.78, 5) is 26.7. The Labute approximate surface area is 187 Å². The number of methoxy groups -OCH3 is 1. The summed E-state index contributed by atoms with van der Waals surface area (Å²) in [7, 11) is 1.59. The summed E-state index contributed by atoms with van der Waals surface area (Å²) in [6.07, 6.45) is 1.34. The number of carbonyl (C=O) groups is 2. The smallest absolute Gasteiger partial charge is 0.253 e. The van der Waals surface area contributed by atoms with Crippen molar-refractivity contribution in [3.8, 4) is 11.5 Å². The summed E-state index contributed by atoms with van der Waals surface area (Å²) in [5, 5.41) is 2.95. The maximum Gasteiger partial charge on any atom is 0.253 e. The molecule has 1 aliphatic heterocycles. The van der Waals surface area contributed by atoms with Gasteiger partial charge in [-0.3, -0.25) is 9.59 Å². The monoisotopic (exact) mass is 430 g/mol. The lowest BCUT2D eigenvalue weighted by atomic mass is 10.1. The van der Waals surface area contributed by atoms with E-state index in [1.54, 1.807) is 24.1 Å². The van der Waals surface area contributed by atoms with Crippen LogP contribution in [0.1, 0.15) is 34.3 Å². The summed E-state index contributed by atoms with van der Waals surface area (Å²) in [5.41, 5.74) is 3.12. The zero-order valence-electron chi connectivity index (χ0n) is 18.0. The Morgan fingerprint density at radius 3 is 2.50 bits per heavy atom. The standard InChI is InChI=1S/C26H26N2O4/c1-31-24-16-20(13-14-23(24)32-18-19-8-3-2-4-9-19)17-27-26(30)21-10-5-6-11-22(21)28-15-7-12-25(28)29/h2-6,8-11,13-14,16H,7,12,15,17-18H2,1H3,(H,27,30). The van der Waals surface area contributed by atoms with Crippen molar-refractivity contribution in [3.63, 3.8) is 0 Å². The van der Waals surface area contributed by atoms with Gasteiger partial charge in [-0.15, -0.1) is 0 Å². The summed E-state index contributed by atoms with van der Waals surface area (Å²) < 4.78 is 11.4. The van der Waals surface area contributed by atoms with Gasteiger partial charge in [0.15, 0.2) is 11.5 Å². The van der Waals surface area contributed by atoms with Crippen molar-refractivity contribution >= 4 is 17.5 Å². The van der Waals surface area contributed by atoms with Crippen molar-refractivity contribution in [1.82, 2.24) is 5.32 Å². The van der Waals surface area contributed by atoms with Crippen molar-refractivity contribution in [1.29, 1.82) is 0 Å². The minimum atomic E-state index is -0.219. The van der Waals surface area contributed by atoms with E-state index in [4.69, 9.17) is 9.47 Å². The highest BCUT2D eigenvalue weighted by Gasteiger charge is 2.25. The molecule has 1 saturated heterocycles. The topological polar surface area (TPSA) is 67.9 Å². The van der Waals surface area contributed by atoms with Gasteiger partial charge in [0.2, 0.25) is 5.91 Å². The van der Waals surface area contributed by atoms with Crippen LogP contribution < -0.4 is 19.7 Å². The molecule has 0 saturated carbocycles. The number of nitrogens with one attached hydrogen (secondary N) is 1. The maximum atomic E-state index is 12.9. The normalized spacial score (nSPS) is 13.2. The number of nitrogens with zero attached hydrogens (tertiary/aromatic N) is 1. The third-order valence-corrected chi connectivity index (χ3v) is 5.43. The van der Waals surface area contributed by atoms with Crippen molar-refractivity contribution in [3.05, 3.63) is 89.5 Å². The van der Waals surface area contributed by atoms with E-state index in [1.165, 1.54) is 0 Å². The highest BCUT2D eigenvalue weighted by molar-refractivity contribution is 6.05. The fourth-order valence-corrected chi connectivity index (χ4v) is 3.76. The molecule has 32 heavy (non-hydrogen) atoms. The van der Waals surface area contributed by atoms with Crippen LogP contribution in [0.5, 0.6) is 11.5 Å². The first-order chi connectivity index (χ1) is 15.7. The second-order valence-corrected chi connectivity index (χ2v) is 7.61. The molecule has 0 aromatic heterocycles. The summed E-state index contributed by atoms with van der Waals surface area (Å²) >= 11 is 0. The molecular weight excluding hydrogens is 404 g/mol. The summed E-state index contributed by atoms with van der Waals surface area (Å²) in [6.45, 7) is 1.42. The summed E-state index contributed by atoms with van der Waals surface area (Å²) in [5.74, 6) is 1.09. The lowest BCUT2D eigenvalue weighted by Crippen LogP contribution is -2.29. The molecular formula is C26H26N2O4. The SMILES string of the molecule is COc1cc(CNC(=O)c2ccccc2N2CCCC2=O)ccc1OCc1ccccc1. The van der Waals surface area contributed by atoms with E-state index in [1.807, 2.05) is 60.7 Å². The van der Waals surface area contributed by atoms with E-state index in [2.05, 4.69) is 5.32 Å². The van der Waals surface area contributed by atoms with Crippen LogP contribution in [0.3, 0.4) is 0 Å². The lowest BCUT2D eigenvalue weighted by Gasteiger charge is -2.19. The molecule has 3 aromatic carbocycles. The Balaban J connectivity index is 1.42. The van der Waals surface area contributed by atoms with Crippen LogP contribution >= 0.6 is 0 Å². The summed E-state index contributed by atoms with van der Waals surface area (Å²) in [6, 6.07) is 22.7. The Morgan fingerprint density at radius 1 is 0.969 bits per heavy atom. The lowest BCUT2D eigenvalue weighted by molar-refractivity contribution is -0.117. The van der Waals surface area contributed by atoms with Crippen LogP contribution in [0.4, 0.5) is 5.69 Å². The van der Waals surface area contributed by atoms with Crippen LogP contribution in [-0.2, 0) is 17.9 Å². The average molecular weight is 431 g/mol. The molecule has 4 rings (SSSR count). The molecule has 0 radical (unpaired) electrons. The van der Waals surface area contributed by atoms with Crippen LogP contribution in [0.25, 0.3) is 0 Å². The second kappa shape index (κ2) is 10.0. The van der Waals surface area contributed by atoms with E-state index in [9.17, 15) is 9.59 Å². The zero-order valence-corrected chi connectivity index (χ0v) is 18.0. The molecule has 6 heteroatoms. The van der Waals surface area contributed by atoms with E-state index in [0.29, 0.717) is 48.9 Å². The molecule has 0 atom stereocenters. The highest BCUT2D eigenvalue weighted by Crippen LogP contribution is 2.29. The van der Waals surface area contributed by atoms with Crippen molar-refractivity contribution in [2.45, 2.75) is 26.0 Å². The van der Waals surface area contributed by atoms with Crippen molar-refractivity contribution in [2.75, 3.05) is 18.6 Å². The Morgan fingerprint density at radius 2 is 1.75 bits per heavy atom. The first-order valence-corrected chi connectivity index (χ1v) is 10.7. The largest absolute Gasteiger partial charge is 0.493 e. The molecule has 1 N–H and O–H groups in total. The number of hydrogen-bond donors (Lipinski definition) is 1. The molecule has 1 fully saturated rings. The van der Waals surface area contributed by atoms with Gasteiger partial charge in [-0.2, -0.15) is 0 Å². The third-order valence-electron chi connectivity index (χ3n) is 5.43. The zero-order chi connectivity index (χ0) is 22.3. The van der Waals surface area contributed by atoms with Crippen LogP contribution in [0, 0.1) is 0 Å². The van der Waals surface area contributed by atoms with Gasteiger partial charge in [0.1, 0.15) is 6.61 Å². The van der Waals surface area contributed by atoms with E-state index in [-0.39, 0.29) is 11.8 Å². The maximum absolute atomic E-state index is 12.9.